The van der Waals surface area contributed by atoms with Gasteiger partial charge >= 0.3 is 0 Å². The molecule has 110 valence electrons. The lowest BCUT2D eigenvalue weighted by Gasteiger charge is -2.14. The summed E-state index contributed by atoms with van der Waals surface area (Å²) in [5, 5.41) is 3.15. The van der Waals surface area contributed by atoms with Crippen molar-refractivity contribution in [1.82, 2.24) is 0 Å². The van der Waals surface area contributed by atoms with Gasteiger partial charge in [0.2, 0.25) is 0 Å². The number of amides is 1. The molecule has 2 aromatic carbocycles. The molecule has 0 fully saturated rings. The molecule has 0 aromatic heterocycles. The van der Waals surface area contributed by atoms with E-state index in [-0.39, 0.29) is 0 Å². The van der Waals surface area contributed by atoms with Crippen molar-refractivity contribution in [1.29, 1.82) is 0 Å². The Hall–Kier alpha value is -1.73. The second-order valence-electron chi connectivity index (χ2n) is 4.26. The normalized spacial score (nSPS) is 10.2. The van der Waals surface area contributed by atoms with Gasteiger partial charge in [0, 0.05) is 16.2 Å². The van der Waals surface area contributed by atoms with Gasteiger partial charge in [0.05, 0.1) is 28.5 Å². The van der Waals surface area contributed by atoms with Crippen LogP contribution in [0.1, 0.15) is 10.4 Å². The van der Waals surface area contributed by atoms with Crippen LogP contribution in [-0.4, -0.2) is 13.0 Å². The van der Waals surface area contributed by atoms with E-state index in [2.05, 4.69) is 37.2 Å². The number of nitrogens with one attached hydrogen (secondary N) is 1. The van der Waals surface area contributed by atoms with Gasteiger partial charge in [-0.3, -0.25) is 4.79 Å². The summed E-state index contributed by atoms with van der Waals surface area (Å²) in [6.07, 6.45) is 0. The van der Waals surface area contributed by atoms with E-state index in [1.165, 1.54) is 6.07 Å². The van der Waals surface area contributed by atoms with Crippen molar-refractivity contribution in [2.75, 3.05) is 18.2 Å². The molecule has 0 saturated heterocycles. The van der Waals surface area contributed by atoms with Gasteiger partial charge in [0.1, 0.15) is 5.75 Å². The highest BCUT2D eigenvalue weighted by Gasteiger charge is 2.12. The molecule has 2 rings (SSSR count). The van der Waals surface area contributed by atoms with Crippen LogP contribution >= 0.6 is 31.9 Å². The van der Waals surface area contributed by atoms with Gasteiger partial charge in [-0.15, -0.1) is 0 Å². The van der Waals surface area contributed by atoms with Crippen LogP contribution in [0.2, 0.25) is 0 Å². The van der Waals surface area contributed by atoms with Crippen molar-refractivity contribution in [2.24, 2.45) is 5.73 Å². The van der Waals surface area contributed by atoms with E-state index in [1.54, 1.807) is 25.3 Å². The van der Waals surface area contributed by atoms with E-state index in [0.717, 1.165) is 14.6 Å². The Labute approximate surface area is 138 Å². The predicted octanol–water partition coefficient (Wildman–Crippen LogP) is 3.64. The molecule has 0 aliphatic rings. The monoisotopic (exact) mass is 413 g/mol. The summed E-state index contributed by atoms with van der Waals surface area (Å²) < 4.78 is 6.88. The van der Waals surface area contributed by atoms with Crippen LogP contribution in [-0.2, 0) is 0 Å². The minimum absolute atomic E-state index is 0.323. The average Bonchev–Trinajstić information content (AvgIpc) is 2.43. The molecule has 5 N–H and O–H groups in total. The number of carbonyl (C=O) groups is 1. The van der Waals surface area contributed by atoms with Crippen LogP contribution in [0.4, 0.5) is 17.1 Å². The fourth-order valence-corrected chi connectivity index (χ4v) is 3.06. The molecule has 0 aliphatic carbocycles. The Balaban J connectivity index is 2.45. The first-order valence-corrected chi connectivity index (χ1v) is 7.50. The number of methoxy groups -OCH3 is 1. The maximum absolute atomic E-state index is 11.5. The second-order valence-corrected chi connectivity index (χ2v) is 5.97. The van der Waals surface area contributed by atoms with Crippen molar-refractivity contribution >= 4 is 54.8 Å². The fraction of sp³-hybridized carbons (Fsp3) is 0.0714. The third-order valence-electron chi connectivity index (χ3n) is 2.82. The van der Waals surface area contributed by atoms with Crippen molar-refractivity contribution in [3.8, 4) is 5.75 Å². The summed E-state index contributed by atoms with van der Waals surface area (Å²) in [5.41, 5.74) is 13.2. The van der Waals surface area contributed by atoms with Crippen molar-refractivity contribution in [2.45, 2.75) is 0 Å². The van der Waals surface area contributed by atoms with Gasteiger partial charge in [-0.25, -0.2) is 0 Å². The number of hydrogen-bond acceptors (Lipinski definition) is 4. The second kappa shape index (κ2) is 6.36. The molecular formula is C14H13Br2N3O2. The topological polar surface area (TPSA) is 90.4 Å². The largest absolute Gasteiger partial charge is 0.495 e. The minimum Gasteiger partial charge on any atom is -0.495 e. The first-order valence-electron chi connectivity index (χ1n) is 5.91. The molecule has 1 amide bonds. The maximum atomic E-state index is 11.5. The number of halogens is 2. The summed E-state index contributed by atoms with van der Waals surface area (Å²) >= 11 is 6.86. The number of nitrogens with two attached hydrogens (primary N) is 2. The molecule has 0 unspecified atom stereocenters. The summed E-state index contributed by atoms with van der Waals surface area (Å²) in [7, 11) is 1.58. The van der Waals surface area contributed by atoms with Crippen LogP contribution in [0, 0.1) is 0 Å². The number of rotatable bonds is 4. The van der Waals surface area contributed by atoms with Gasteiger partial charge in [0.15, 0.2) is 0 Å². The third-order valence-corrected chi connectivity index (χ3v) is 4.10. The molecule has 0 spiro atoms. The van der Waals surface area contributed by atoms with Crippen LogP contribution in [0.3, 0.4) is 0 Å². The van der Waals surface area contributed by atoms with Gasteiger partial charge < -0.3 is 21.5 Å². The first kappa shape index (κ1) is 15.7. The molecule has 5 nitrogen and oxygen atoms in total. The molecular weight excluding hydrogens is 402 g/mol. The number of hydrogen-bond donors (Lipinski definition) is 3. The average molecular weight is 415 g/mol. The standard InChI is InChI=1S/C14H13Br2N3O2/c1-21-13-6-12(9(15)5-10(13)16)19-11-3-2-7(17)4-8(11)14(18)20/h2-6,19H,17H2,1H3,(H2,18,20). The van der Waals surface area contributed by atoms with E-state index < -0.39 is 5.91 Å². The van der Waals surface area contributed by atoms with E-state index in [0.29, 0.717) is 22.7 Å². The Kier molecular flexibility index (Phi) is 4.74. The molecule has 0 saturated carbocycles. The highest BCUT2D eigenvalue weighted by atomic mass is 79.9. The van der Waals surface area contributed by atoms with E-state index >= 15 is 0 Å². The SMILES string of the molecule is COc1cc(Nc2ccc(N)cc2C(N)=O)c(Br)cc1Br. The van der Waals surface area contributed by atoms with Crippen LogP contribution in [0.5, 0.6) is 5.75 Å². The lowest BCUT2D eigenvalue weighted by atomic mass is 10.1. The predicted molar refractivity (Wildman–Crippen MR) is 91.0 cm³/mol. The third kappa shape index (κ3) is 3.48. The molecule has 0 aliphatic heterocycles. The number of nitrogen functional groups attached to an aromatic ring is 1. The van der Waals surface area contributed by atoms with Gasteiger partial charge in [-0.2, -0.15) is 0 Å². The quantitative estimate of drug-likeness (QED) is 0.666. The van der Waals surface area contributed by atoms with Gasteiger partial charge in [0.25, 0.3) is 5.91 Å². The summed E-state index contributed by atoms with van der Waals surface area (Å²) in [4.78, 5) is 11.5. The highest BCUT2D eigenvalue weighted by molar-refractivity contribution is 9.11. The minimum atomic E-state index is -0.551. The van der Waals surface area contributed by atoms with Gasteiger partial charge in [-0.1, -0.05) is 0 Å². The zero-order chi connectivity index (χ0) is 15.6. The highest BCUT2D eigenvalue weighted by Crippen LogP contribution is 2.36. The lowest BCUT2D eigenvalue weighted by molar-refractivity contribution is 0.100. The van der Waals surface area contributed by atoms with Crippen LogP contribution < -0.4 is 21.5 Å². The molecule has 7 heteroatoms. The number of primary amides is 1. The van der Waals surface area contributed by atoms with Crippen molar-refractivity contribution in [3.63, 3.8) is 0 Å². The zero-order valence-corrected chi connectivity index (χ0v) is 14.3. The fourth-order valence-electron chi connectivity index (χ4n) is 1.80. The number of ether oxygens (including phenoxy) is 1. The summed E-state index contributed by atoms with van der Waals surface area (Å²) in [5.74, 6) is 0.113. The van der Waals surface area contributed by atoms with E-state index in [4.69, 9.17) is 16.2 Å². The Morgan fingerprint density at radius 1 is 1.14 bits per heavy atom. The molecule has 21 heavy (non-hydrogen) atoms. The van der Waals surface area contributed by atoms with E-state index in [9.17, 15) is 4.79 Å². The molecule has 2 aromatic rings. The number of carbonyl (C=O) groups excluding carboxylic acids is 1. The summed E-state index contributed by atoms with van der Waals surface area (Å²) in [6, 6.07) is 8.58. The van der Waals surface area contributed by atoms with Crippen LogP contribution in [0.25, 0.3) is 0 Å². The number of anilines is 3. The Morgan fingerprint density at radius 2 is 1.86 bits per heavy atom. The Bertz CT molecular complexity index is 705. The molecule has 0 bridgehead atoms. The smallest absolute Gasteiger partial charge is 0.250 e. The van der Waals surface area contributed by atoms with Crippen molar-refractivity contribution in [3.05, 3.63) is 44.8 Å². The van der Waals surface area contributed by atoms with Crippen LogP contribution in [0.15, 0.2) is 39.3 Å². The Morgan fingerprint density at radius 3 is 2.48 bits per heavy atom. The lowest BCUT2D eigenvalue weighted by Crippen LogP contribution is -2.13. The van der Waals surface area contributed by atoms with Gasteiger partial charge in [-0.05, 0) is 56.1 Å². The molecule has 0 atom stereocenters. The molecule has 0 radical (unpaired) electrons. The van der Waals surface area contributed by atoms with E-state index in [1.807, 2.05) is 6.07 Å². The summed E-state index contributed by atoms with van der Waals surface area (Å²) in [6.45, 7) is 0. The van der Waals surface area contributed by atoms with Crippen molar-refractivity contribution < 1.29 is 9.53 Å². The zero-order valence-electron chi connectivity index (χ0n) is 11.1. The number of benzene rings is 2. The molecule has 0 heterocycles. The maximum Gasteiger partial charge on any atom is 0.250 e. The first-order chi connectivity index (χ1) is 9.92.